The number of nitrogens with zero attached hydrogens (tertiary/aromatic N) is 2. The lowest BCUT2D eigenvalue weighted by Gasteiger charge is -2.08. The fourth-order valence-corrected chi connectivity index (χ4v) is 1.38. The summed E-state index contributed by atoms with van der Waals surface area (Å²) in [6.07, 6.45) is 1.32. The van der Waals surface area contributed by atoms with Gasteiger partial charge in [0.15, 0.2) is 0 Å². The maximum atomic E-state index is 5.50. The molecule has 0 saturated heterocycles. The Labute approximate surface area is 108 Å². The number of aromatic nitrogens is 2. The van der Waals surface area contributed by atoms with Crippen LogP contribution < -0.4 is 10.6 Å². The third-order valence-electron chi connectivity index (χ3n) is 2.34. The summed E-state index contributed by atoms with van der Waals surface area (Å²) >= 11 is 0. The van der Waals surface area contributed by atoms with Gasteiger partial charge in [-0.05, 0) is 33.7 Å². The van der Waals surface area contributed by atoms with E-state index in [1.165, 1.54) is 0 Å². The second-order valence-electron chi connectivity index (χ2n) is 4.47. The highest BCUT2D eigenvalue weighted by Crippen LogP contribution is 2.13. The molecule has 0 spiro atoms. The molecule has 0 radical (unpaired) electrons. The number of hydrogen-bond donors (Lipinski definition) is 2. The molecule has 1 atom stereocenters. The van der Waals surface area contributed by atoms with Gasteiger partial charge in [0, 0.05) is 6.54 Å². The minimum atomic E-state index is 0.0833. The van der Waals surface area contributed by atoms with E-state index in [1.807, 2.05) is 20.8 Å². The number of anilines is 1. The van der Waals surface area contributed by atoms with E-state index < -0.39 is 0 Å². The lowest BCUT2D eigenvalue weighted by Crippen LogP contribution is -2.19. The first-order valence-electron chi connectivity index (χ1n) is 6.55. The van der Waals surface area contributed by atoms with Crippen LogP contribution in [0.2, 0.25) is 0 Å². The van der Waals surface area contributed by atoms with Crippen molar-refractivity contribution in [1.29, 1.82) is 0 Å². The van der Waals surface area contributed by atoms with E-state index in [0.717, 1.165) is 13.0 Å². The Bertz CT molecular complexity index is 328. The Balaban J connectivity index is 2.29. The van der Waals surface area contributed by atoms with E-state index in [2.05, 4.69) is 27.8 Å². The summed E-state index contributed by atoms with van der Waals surface area (Å²) in [6.45, 7) is 10.4. The molecule has 0 aliphatic heterocycles. The molecular formula is C12H24N4O2. The maximum Gasteiger partial charge on any atom is 0.315 e. The van der Waals surface area contributed by atoms with Crippen molar-refractivity contribution in [1.82, 2.24) is 15.5 Å². The van der Waals surface area contributed by atoms with E-state index in [4.69, 9.17) is 9.15 Å². The van der Waals surface area contributed by atoms with Crippen molar-refractivity contribution < 1.29 is 9.15 Å². The molecule has 1 unspecified atom stereocenters. The van der Waals surface area contributed by atoms with Gasteiger partial charge in [-0.15, -0.1) is 5.10 Å². The molecule has 6 nitrogen and oxygen atoms in total. The van der Waals surface area contributed by atoms with E-state index in [9.17, 15) is 0 Å². The molecule has 1 aromatic heterocycles. The van der Waals surface area contributed by atoms with Crippen molar-refractivity contribution in [3.05, 3.63) is 5.89 Å². The number of nitrogens with one attached hydrogen (secondary N) is 2. The number of rotatable bonds is 9. The van der Waals surface area contributed by atoms with Crippen molar-refractivity contribution in [2.75, 3.05) is 25.0 Å². The SMILES string of the molecule is CCCNC(C)c1nnc(NCCOC(C)C)o1. The normalized spacial score (nSPS) is 12.9. The highest BCUT2D eigenvalue weighted by atomic mass is 16.5. The molecule has 6 heteroatoms. The minimum Gasteiger partial charge on any atom is -0.406 e. The Morgan fingerprint density at radius 1 is 1.22 bits per heavy atom. The van der Waals surface area contributed by atoms with Crippen LogP contribution in [0.3, 0.4) is 0 Å². The molecule has 104 valence electrons. The third kappa shape index (κ3) is 5.46. The molecule has 1 heterocycles. The quantitative estimate of drug-likeness (QED) is 0.658. The Morgan fingerprint density at radius 2 is 2.00 bits per heavy atom. The van der Waals surface area contributed by atoms with Gasteiger partial charge < -0.3 is 19.8 Å². The average molecular weight is 256 g/mol. The largest absolute Gasteiger partial charge is 0.406 e. The first-order chi connectivity index (χ1) is 8.63. The van der Waals surface area contributed by atoms with Gasteiger partial charge in [-0.1, -0.05) is 12.0 Å². The number of hydrogen-bond acceptors (Lipinski definition) is 6. The zero-order chi connectivity index (χ0) is 13.4. The van der Waals surface area contributed by atoms with Crippen LogP contribution in [0, 0.1) is 0 Å². The van der Waals surface area contributed by atoms with Gasteiger partial charge in [0.1, 0.15) is 0 Å². The maximum absolute atomic E-state index is 5.50. The smallest absolute Gasteiger partial charge is 0.315 e. The zero-order valence-electron chi connectivity index (χ0n) is 11.7. The molecule has 1 aromatic rings. The van der Waals surface area contributed by atoms with Gasteiger partial charge in [-0.3, -0.25) is 0 Å². The summed E-state index contributed by atoms with van der Waals surface area (Å²) < 4.78 is 10.9. The van der Waals surface area contributed by atoms with Crippen molar-refractivity contribution in [2.24, 2.45) is 0 Å². The minimum absolute atomic E-state index is 0.0833. The molecule has 0 amide bonds. The van der Waals surface area contributed by atoms with E-state index in [-0.39, 0.29) is 12.1 Å². The molecule has 1 rings (SSSR count). The Kier molecular flexibility index (Phi) is 6.67. The lowest BCUT2D eigenvalue weighted by molar-refractivity contribution is 0.0868. The van der Waals surface area contributed by atoms with Crippen LogP contribution in [-0.2, 0) is 4.74 Å². The van der Waals surface area contributed by atoms with Crippen LogP contribution in [0.5, 0.6) is 0 Å². The van der Waals surface area contributed by atoms with E-state index in [1.54, 1.807) is 0 Å². The van der Waals surface area contributed by atoms with Crippen LogP contribution in [0.4, 0.5) is 6.01 Å². The van der Waals surface area contributed by atoms with Gasteiger partial charge in [-0.25, -0.2) is 0 Å². The first kappa shape index (κ1) is 14.9. The standard InChI is InChI=1S/C12H24N4O2/c1-5-6-13-10(4)11-15-16-12(18-11)14-7-8-17-9(2)3/h9-10,13H,5-8H2,1-4H3,(H,14,16). The lowest BCUT2D eigenvalue weighted by atomic mass is 10.3. The molecule has 0 aliphatic carbocycles. The van der Waals surface area contributed by atoms with Crippen LogP contribution in [0.15, 0.2) is 4.42 Å². The summed E-state index contributed by atoms with van der Waals surface area (Å²) in [5, 5.41) is 14.3. The second-order valence-corrected chi connectivity index (χ2v) is 4.47. The van der Waals surface area contributed by atoms with E-state index in [0.29, 0.717) is 25.1 Å². The van der Waals surface area contributed by atoms with Gasteiger partial charge in [0.2, 0.25) is 5.89 Å². The summed E-state index contributed by atoms with van der Waals surface area (Å²) in [6, 6.07) is 0.530. The topological polar surface area (TPSA) is 72.2 Å². The summed E-state index contributed by atoms with van der Waals surface area (Å²) in [4.78, 5) is 0. The van der Waals surface area contributed by atoms with Crippen molar-refractivity contribution in [3.63, 3.8) is 0 Å². The monoisotopic (exact) mass is 256 g/mol. The van der Waals surface area contributed by atoms with Crippen molar-refractivity contribution >= 4 is 6.01 Å². The van der Waals surface area contributed by atoms with Gasteiger partial charge in [0.25, 0.3) is 0 Å². The predicted molar refractivity (Wildman–Crippen MR) is 70.6 cm³/mol. The molecule has 0 aromatic carbocycles. The third-order valence-corrected chi connectivity index (χ3v) is 2.34. The van der Waals surface area contributed by atoms with Gasteiger partial charge in [0.05, 0.1) is 18.8 Å². The van der Waals surface area contributed by atoms with E-state index >= 15 is 0 Å². The highest BCUT2D eigenvalue weighted by molar-refractivity contribution is 5.16. The van der Waals surface area contributed by atoms with Crippen LogP contribution in [-0.4, -0.2) is 36.0 Å². The fourth-order valence-electron chi connectivity index (χ4n) is 1.38. The Morgan fingerprint density at radius 3 is 2.67 bits per heavy atom. The first-order valence-corrected chi connectivity index (χ1v) is 6.55. The van der Waals surface area contributed by atoms with Crippen LogP contribution in [0.25, 0.3) is 0 Å². The summed E-state index contributed by atoms with van der Waals surface area (Å²) in [5.74, 6) is 0.607. The summed E-state index contributed by atoms with van der Waals surface area (Å²) in [5.41, 5.74) is 0. The molecule has 2 N–H and O–H groups in total. The molecule has 18 heavy (non-hydrogen) atoms. The fraction of sp³-hybridized carbons (Fsp3) is 0.833. The van der Waals surface area contributed by atoms with Gasteiger partial charge in [-0.2, -0.15) is 0 Å². The molecule has 0 aliphatic rings. The highest BCUT2D eigenvalue weighted by Gasteiger charge is 2.12. The van der Waals surface area contributed by atoms with Gasteiger partial charge >= 0.3 is 6.01 Å². The zero-order valence-corrected chi connectivity index (χ0v) is 11.7. The average Bonchev–Trinajstić information content (AvgIpc) is 2.80. The molecule has 0 bridgehead atoms. The summed E-state index contributed by atoms with van der Waals surface area (Å²) in [7, 11) is 0. The molecular weight excluding hydrogens is 232 g/mol. The van der Waals surface area contributed by atoms with Crippen LogP contribution >= 0.6 is 0 Å². The molecule has 0 fully saturated rings. The predicted octanol–water partition coefficient (Wildman–Crippen LogP) is 1.97. The second kappa shape index (κ2) is 8.05. The molecule has 0 saturated carbocycles. The van der Waals surface area contributed by atoms with Crippen molar-refractivity contribution in [2.45, 2.75) is 46.3 Å². The number of ether oxygens (including phenoxy) is 1. The van der Waals surface area contributed by atoms with Crippen LogP contribution in [0.1, 0.15) is 46.0 Å². The van der Waals surface area contributed by atoms with Crippen molar-refractivity contribution in [3.8, 4) is 0 Å². The Hall–Kier alpha value is -1.14.